The lowest BCUT2D eigenvalue weighted by molar-refractivity contribution is 0.429. The largest absolute Gasteiger partial charge is 0.275 e. The molecule has 1 aliphatic carbocycles. The van der Waals surface area contributed by atoms with E-state index in [4.69, 9.17) is 0 Å². The Balaban J connectivity index is 0.00000218. The molecule has 0 spiro atoms. The molecule has 30 heavy (non-hydrogen) atoms. The van der Waals surface area contributed by atoms with Crippen molar-refractivity contribution in [2.24, 2.45) is 13.0 Å². The van der Waals surface area contributed by atoms with Crippen molar-refractivity contribution in [1.29, 1.82) is 0 Å². The Morgan fingerprint density at radius 3 is 2.27 bits per heavy atom. The average molecular weight is 421 g/mol. The second kappa shape index (κ2) is 8.79. The van der Waals surface area contributed by atoms with E-state index < -0.39 is 0 Å². The highest BCUT2D eigenvalue weighted by molar-refractivity contribution is 5.85. The first-order valence-electron chi connectivity index (χ1n) is 10.2. The zero-order valence-corrected chi connectivity index (χ0v) is 17.8. The molecule has 1 fully saturated rings. The van der Waals surface area contributed by atoms with E-state index in [0.29, 0.717) is 0 Å². The SMILES string of the molecule is Cl.Cn1cc(-c2cccc(-c3ncc(-c4cnn(CC5CCCC5)c4)cn3)c2)cn1. The van der Waals surface area contributed by atoms with Crippen LogP contribution in [0.2, 0.25) is 0 Å². The summed E-state index contributed by atoms with van der Waals surface area (Å²) in [4.78, 5) is 9.22. The maximum absolute atomic E-state index is 4.61. The summed E-state index contributed by atoms with van der Waals surface area (Å²) in [5.74, 6) is 1.49. The summed E-state index contributed by atoms with van der Waals surface area (Å²) >= 11 is 0. The molecule has 0 unspecified atom stereocenters. The minimum Gasteiger partial charge on any atom is -0.275 e. The van der Waals surface area contributed by atoms with Crippen LogP contribution < -0.4 is 0 Å². The first kappa shape index (κ1) is 20.3. The second-order valence-electron chi connectivity index (χ2n) is 7.88. The van der Waals surface area contributed by atoms with E-state index in [1.54, 1.807) is 4.68 Å². The monoisotopic (exact) mass is 420 g/mol. The fraction of sp³-hybridized carbons (Fsp3) is 0.304. The van der Waals surface area contributed by atoms with Crippen LogP contribution in [0.25, 0.3) is 33.6 Å². The Hall–Kier alpha value is -2.99. The number of rotatable bonds is 5. The van der Waals surface area contributed by atoms with Gasteiger partial charge in [-0.15, -0.1) is 12.4 Å². The zero-order chi connectivity index (χ0) is 19.6. The molecule has 3 heterocycles. The van der Waals surface area contributed by atoms with Crippen LogP contribution in [0.15, 0.2) is 61.4 Å². The Morgan fingerprint density at radius 2 is 1.53 bits per heavy atom. The molecule has 1 saturated carbocycles. The molecular weight excluding hydrogens is 396 g/mol. The summed E-state index contributed by atoms with van der Waals surface area (Å²) in [7, 11) is 1.92. The predicted molar refractivity (Wildman–Crippen MR) is 120 cm³/mol. The maximum Gasteiger partial charge on any atom is 0.159 e. The minimum atomic E-state index is 0. The van der Waals surface area contributed by atoms with E-state index in [0.717, 1.165) is 46.1 Å². The molecule has 0 atom stereocenters. The normalized spacial score (nSPS) is 14.0. The van der Waals surface area contributed by atoms with Crippen LogP contribution in [-0.2, 0) is 13.6 Å². The van der Waals surface area contributed by atoms with Gasteiger partial charge in [-0.1, -0.05) is 31.0 Å². The molecule has 7 heteroatoms. The molecule has 4 aromatic rings. The lowest BCUT2D eigenvalue weighted by Gasteiger charge is -2.08. The number of benzene rings is 1. The van der Waals surface area contributed by atoms with Gasteiger partial charge in [0.2, 0.25) is 0 Å². The van der Waals surface area contributed by atoms with Gasteiger partial charge >= 0.3 is 0 Å². The van der Waals surface area contributed by atoms with E-state index >= 15 is 0 Å². The molecule has 1 aliphatic rings. The third kappa shape index (κ3) is 4.28. The topological polar surface area (TPSA) is 61.4 Å². The van der Waals surface area contributed by atoms with Gasteiger partial charge in [-0.05, 0) is 30.4 Å². The fourth-order valence-corrected chi connectivity index (χ4v) is 4.10. The van der Waals surface area contributed by atoms with E-state index in [9.17, 15) is 0 Å². The Morgan fingerprint density at radius 1 is 0.833 bits per heavy atom. The smallest absolute Gasteiger partial charge is 0.159 e. The minimum absolute atomic E-state index is 0. The molecule has 0 radical (unpaired) electrons. The molecule has 0 aliphatic heterocycles. The molecule has 3 aromatic heterocycles. The molecule has 154 valence electrons. The standard InChI is InChI=1S/C23H24N6.ClH/c1-28-15-21(12-26-28)18-7-4-8-19(9-18)23-24-10-20(11-25-23)22-13-27-29(16-22)14-17-5-2-3-6-17;/h4,7-13,15-17H,2-3,5-6,14H2,1H3;1H. The molecule has 0 bridgehead atoms. The number of hydrogen-bond acceptors (Lipinski definition) is 4. The van der Waals surface area contributed by atoms with Crippen LogP contribution in [0.3, 0.4) is 0 Å². The molecule has 0 saturated heterocycles. The van der Waals surface area contributed by atoms with Crippen LogP contribution in [0, 0.1) is 5.92 Å². The van der Waals surface area contributed by atoms with Crippen LogP contribution >= 0.6 is 12.4 Å². The highest BCUT2D eigenvalue weighted by Crippen LogP contribution is 2.27. The van der Waals surface area contributed by atoms with Crippen molar-refractivity contribution in [3.63, 3.8) is 0 Å². The van der Waals surface area contributed by atoms with Crippen molar-refractivity contribution in [3.05, 3.63) is 61.4 Å². The number of aromatic nitrogens is 6. The van der Waals surface area contributed by atoms with Gasteiger partial charge in [-0.25, -0.2) is 9.97 Å². The van der Waals surface area contributed by atoms with Crippen molar-refractivity contribution in [2.75, 3.05) is 0 Å². The van der Waals surface area contributed by atoms with E-state index in [1.807, 2.05) is 50.2 Å². The number of halogens is 1. The summed E-state index contributed by atoms with van der Waals surface area (Å²) in [6.07, 6.45) is 17.0. The summed E-state index contributed by atoms with van der Waals surface area (Å²) in [6, 6.07) is 8.25. The van der Waals surface area contributed by atoms with Gasteiger partial charge in [0.15, 0.2) is 5.82 Å². The van der Waals surface area contributed by atoms with Gasteiger partial charge in [0.05, 0.1) is 12.4 Å². The third-order valence-corrected chi connectivity index (χ3v) is 5.70. The Labute approximate surface area is 182 Å². The van der Waals surface area contributed by atoms with Crippen LogP contribution in [0.5, 0.6) is 0 Å². The van der Waals surface area contributed by atoms with E-state index in [2.05, 4.69) is 43.2 Å². The van der Waals surface area contributed by atoms with Crippen LogP contribution in [0.4, 0.5) is 0 Å². The van der Waals surface area contributed by atoms with Crippen molar-refractivity contribution < 1.29 is 0 Å². The highest BCUT2D eigenvalue weighted by atomic mass is 35.5. The lowest BCUT2D eigenvalue weighted by Crippen LogP contribution is -2.07. The van der Waals surface area contributed by atoms with E-state index in [1.165, 1.54) is 25.7 Å². The highest BCUT2D eigenvalue weighted by Gasteiger charge is 2.16. The van der Waals surface area contributed by atoms with Crippen LogP contribution in [-0.4, -0.2) is 29.5 Å². The summed E-state index contributed by atoms with van der Waals surface area (Å²) in [5.41, 5.74) is 5.25. The van der Waals surface area contributed by atoms with Crippen LogP contribution in [0.1, 0.15) is 25.7 Å². The first-order valence-corrected chi connectivity index (χ1v) is 10.2. The number of hydrogen-bond donors (Lipinski definition) is 0. The van der Waals surface area contributed by atoms with Gasteiger partial charge in [0.1, 0.15) is 0 Å². The van der Waals surface area contributed by atoms with Crippen molar-refractivity contribution >= 4 is 12.4 Å². The molecule has 0 amide bonds. The maximum atomic E-state index is 4.61. The third-order valence-electron chi connectivity index (χ3n) is 5.70. The zero-order valence-electron chi connectivity index (χ0n) is 17.0. The van der Waals surface area contributed by atoms with Crippen molar-refractivity contribution in [2.45, 2.75) is 32.2 Å². The first-order chi connectivity index (χ1) is 14.2. The summed E-state index contributed by atoms with van der Waals surface area (Å²) < 4.78 is 3.87. The second-order valence-corrected chi connectivity index (χ2v) is 7.88. The quantitative estimate of drug-likeness (QED) is 0.454. The van der Waals surface area contributed by atoms with Crippen molar-refractivity contribution in [1.82, 2.24) is 29.5 Å². The number of nitrogens with zero attached hydrogens (tertiary/aromatic N) is 6. The molecule has 1 aromatic carbocycles. The van der Waals surface area contributed by atoms with Gasteiger partial charge in [-0.2, -0.15) is 10.2 Å². The molecule has 5 rings (SSSR count). The van der Waals surface area contributed by atoms with Gasteiger partial charge in [0.25, 0.3) is 0 Å². The lowest BCUT2D eigenvalue weighted by atomic mass is 10.1. The van der Waals surface area contributed by atoms with Gasteiger partial charge < -0.3 is 0 Å². The summed E-state index contributed by atoms with van der Waals surface area (Å²) in [5, 5.41) is 8.79. The summed E-state index contributed by atoms with van der Waals surface area (Å²) in [6.45, 7) is 1.01. The van der Waals surface area contributed by atoms with Gasteiger partial charge in [0, 0.05) is 60.6 Å². The predicted octanol–water partition coefficient (Wildman–Crippen LogP) is 5.02. The number of aryl methyl sites for hydroxylation is 1. The van der Waals surface area contributed by atoms with E-state index in [-0.39, 0.29) is 12.4 Å². The average Bonchev–Trinajstić information content (AvgIpc) is 3.51. The Bertz CT molecular complexity index is 1110. The molecular formula is C23H25ClN6. The molecule has 0 N–H and O–H groups in total. The molecule has 6 nitrogen and oxygen atoms in total. The van der Waals surface area contributed by atoms with Gasteiger partial charge in [-0.3, -0.25) is 9.36 Å². The van der Waals surface area contributed by atoms with Crippen molar-refractivity contribution in [3.8, 4) is 33.6 Å². The fourth-order valence-electron chi connectivity index (χ4n) is 4.10. The Kier molecular flexibility index (Phi) is 5.95.